The number of halogens is 1. The van der Waals surface area contributed by atoms with Crippen LogP contribution in [-0.4, -0.2) is 50.7 Å². The molecule has 0 aromatic heterocycles. The van der Waals surface area contributed by atoms with Crippen molar-refractivity contribution in [2.24, 2.45) is 0 Å². The van der Waals surface area contributed by atoms with E-state index in [-0.39, 0.29) is 17.7 Å². The Bertz CT molecular complexity index is 241. The van der Waals surface area contributed by atoms with Gasteiger partial charge in [-0.3, -0.25) is 0 Å². The third-order valence-electron chi connectivity index (χ3n) is 1.67. The Kier molecular flexibility index (Phi) is 6.68. The lowest BCUT2D eigenvalue weighted by Gasteiger charge is -2.17. The highest BCUT2D eigenvalue weighted by Crippen LogP contribution is 1.99. The van der Waals surface area contributed by atoms with Crippen molar-refractivity contribution in [2.45, 2.75) is 20.0 Å². The summed E-state index contributed by atoms with van der Waals surface area (Å²) in [5.74, 6) is 0.102. The minimum atomic E-state index is -3.19. The van der Waals surface area contributed by atoms with E-state index in [1.54, 1.807) is 0 Å². The molecule has 0 rings (SSSR count). The minimum absolute atomic E-state index is 0.0211. The van der Waals surface area contributed by atoms with Crippen molar-refractivity contribution in [3.05, 3.63) is 0 Å². The smallest absolute Gasteiger partial charge is 0.215 e. The molecular weight excluding hydrogens is 226 g/mol. The second kappa shape index (κ2) is 6.61. The topological polar surface area (TPSA) is 46.6 Å². The standard InChI is InChI=1S/C8H18ClNO3S/c1-8(2)13-6-5-10(3)14(11,12)7-4-9/h8H,4-7H2,1-3H3. The van der Waals surface area contributed by atoms with Gasteiger partial charge in [-0.25, -0.2) is 12.7 Å². The van der Waals surface area contributed by atoms with Crippen LogP contribution in [0.5, 0.6) is 0 Å². The third-order valence-corrected chi connectivity index (χ3v) is 3.93. The van der Waals surface area contributed by atoms with E-state index < -0.39 is 10.0 Å². The molecular formula is C8H18ClNO3S. The molecule has 0 saturated carbocycles. The van der Waals surface area contributed by atoms with Gasteiger partial charge < -0.3 is 4.74 Å². The van der Waals surface area contributed by atoms with Crippen LogP contribution < -0.4 is 0 Å². The molecule has 0 aliphatic rings. The summed E-state index contributed by atoms with van der Waals surface area (Å²) < 4.78 is 29.3. The van der Waals surface area contributed by atoms with Gasteiger partial charge in [0.2, 0.25) is 10.0 Å². The molecule has 0 aromatic carbocycles. The van der Waals surface area contributed by atoms with Crippen LogP contribution >= 0.6 is 11.6 Å². The monoisotopic (exact) mass is 243 g/mol. The Morgan fingerprint density at radius 3 is 2.43 bits per heavy atom. The van der Waals surface area contributed by atoms with Crippen LogP contribution in [0.25, 0.3) is 0 Å². The van der Waals surface area contributed by atoms with E-state index in [1.165, 1.54) is 11.4 Å². The predicted octanol–water partition coefficient (Wildman–Crippen LogP) is 0.912. The molecule has 4 nitrogen and oxygen atoms in total. The predicted molar refractivity (Wildman–Crippen MR) is 58.2 cm³/mol. The number of hydrogen-bond acceptors (Lipinski definition) is 3. The van der Waals surface area contributed by atoms with Gasteiger partial charge in [0, 0.05) is 19.5 Å². The van der Waals surface area contributed by atoms with Gasteiger partial charge in [0.15, 0.2) is 0 Å². The maximum atomic E-state index is 11.4. The molecule has 0 aromatic rings. The van der Waals surface area contributed by atoms with E-state index in [0.717, 1.165) is 0 Å². The quantitative estimate of drug-likeness (QED) is 0.625. The van der Waals surface area contributed by atoms with Gasteiger partial charge >= 0.3 is 0 Å². The van der Waals surface area contributed by atoms with Gasteiger partial charge in [-0.2, -0.15) is 0 Å². The maximum Gasteiger partial charge on any atom is 0.215 e. The summed E-state index contributed by atoms with van der Waals surface area (Å²) in [6.07, 6.45) is 0.124. The molecule has 0 spiro atoms. The second-order valence-electron chi connectivity index (χ2n) is 3.25. The molecule has 0 saturated heterocycles. The highest BCUT2D eigenvalue weighted by atomic mass is 35.5. The molecule has 0 atom stereocenters. The van der Waals surface area contributed by atoms with Crippen molar-refractivity contribution in [3.63, 3.8) is 0 Å². The summed E-state index contributed by atoms with van der Waals surface area (Å²) in [7, 11) is -1.65. The van der Waals surface area contributed by atoms with Gasteiger partial charge in [0.1, 0.15) is 0 Å². The average Bonchev–Trinajstić information content (AvgIpc) is 2.03. The van der Waals surface area contributed by atoms with Crippen molar-refractivity contribution in [3.8, 4) is 0 Å². The summed E-state index contributed by atoms with van der Waals surface area (Å²) in [4.78, 5) is 0. The summed E-state index contributed by atoms with van der Waals surface area (Å²) in [5.41, 5.74) is 0. The van der Waals surface area contributed by atoms with Gasteiger partial charge in [0.05, 0.1) is 18.5 Å². The van der Waals surface area contributed by atoms with Gasteiger partial charge in [-0.15, -0.1) is 11.6 Å². The molecule has 0 aliphatic heterocycles. The van der Waals surface area contributed by atoms with Gasteiger partial charge in [-0.05, 0) is 13.8 Å². The maximum absolute atomic E-state index is 11.4. The first kappa shape index (κ1) is 14.2. The summed E-state index contributed by atoms with van der Waals surface area (Å²) in [6, 6.07) is 0. The summed E-state index contributed by atoms with van der Waals surface area (Å²) >= 11 is 5.38. The van der Waals surface area contributed by atoms with Crippen LogP contribution in [-0.2, 0) is 14.8 Å². The first-order valence-corrected chi connectivity index (χ1v) is 6.66. The highest BCUT2D eigenvalue weighted by molar-refractivity contribution is 7.89. The lowest BCUT2D eigenvalue weighted by Crippen LogP contribution is -2.33. The van der Waals surface area contributed by atoms with Crippen LogP contribution in [0.1, 0.15) is 13.8 Å². The summed E-state index contributed by atoms with van der Waals surface area (Å²) in [6.45, 7) is 4.60. The average molecular weight is 244 g/mol. The normalized spacial score (nSPS) is 12.7. The lowest BCUT2D eigenvalue weighted by molar-refractivity contribution is 0.0737. The van der Waals surface area contributed by atoms with Crippen LogP contribution in [0.4, 0.5) is 0 Å². The van der Waals surface area contributed by atoms with Crippen molar-refractivity contribution in [1.82, 2.24) is 4.31 Å². The minimum Gasteiger partial charge on any atom is -0.377 e. The van der Waals surface area contributed by atoms with Crippen molar-refractivity contribution < 1.29 is 13.2 Å². The summed E-state index contributed by atoms with van der Waals surface area (Å²) in [5, 5.41) is 0. The molecule has 0 amide bonds. The number of rotatable bonds is 7. The highest BCUT2D eigenvalue weighted by Gasteiger charge is 2.16. The Morgan fingerprint density at radius 2 is 2.00 bits per heavy atom. The van der Waals surface area contributed by atoms with E-state index in [9.17, 15) is 8.42 Å². The number of nitrogens with zero attached hydrogens (tertiary/aromatic N) is 1. The molecule has 0 aliphatic carbocycles. The number of ether oxygens (including phenoxy) is 1. The van der Waals surface area contributed by atoms with Crippen LogP contribution in [0.2, 0.25) is 0 Å². The van der Waals surface area contributed by atoms with Crippen LogP contribution in [0.15, 0.2) is 0 Å². The molecule has 0 fully saturated rings. The van der Waals surface area contributed by atoms with E-state index in [0.29, 0.717) is 13.2 Å². The molecule has 6 heteroatoms. The zero-order valence-electron chi connectivity index (χ0n) is 8.86. The molecule has 86 valence electrons. The number of sulfonamides is 1. The fourth-order valence-corrected chi connectivity index (χ4v) is 2.25. The van der Waals surface area contributed by atoms with E-state index in [2.05, 4.69) is 0 Å². The van der Waals surface area contributed by atoms with E-state index >= 15 is 0 Å². The fraction of sp³-hybridized carbons (Fsp3) is 1.00. The number of likely N-dealkylation sites (N-methyl/N-ethyl adjacent to an activating group) is 1. The molecule has 0 unspecified atom stereocenters. The third kappa shape index (κ3) is 5.80. The molecule has 14 heavy (non-hydrogen) atoms. The van der Waals surface area contributed by atoms with E-state index in [1.807, 2.05) is 13.8 Å². The first-order valence-electron chi connectivity index (χ1n) is 4.51. The molecule has 0 bridgehead atoms. The van der Waals surface area contributed by atoms with Crippen LogP contribution in [0.3, 0.4) is 0 Å². The van der Waals surface area contributed by atoms with Crippen molar-refractivity contribution in [1.29, 1.82) is 0 Å². The Balaban J connectivity index is 3.89. The second-order valence-corrected chi connectivity index (χ2v) is 5.82. The molecule has 0 N–H and O–H groups in total. The van der Waals surface area contributed by atoms with Crippen LogP contribution in [0, 0.1) is 0 Å². The van der Waals surface area contributed by atoms with Gasteiger partial charge in [-0.1, -0.05) is 0 Å². The first-order chi connectivity index (χ1) is 6.40. The van der Waals surface area contributed by atoms with Crippen molar-refractivity contribution in [2.75, 3.05) is 31.8 Å². The SMILES string of the molecule is CC(C)OCCN(C)S(=O)(=O)CCCl. The molecule has 0 heterocycles. The lowest BCUT2D eigenvalue weighted by atomic mass is 10.5. The Hall–Kier alpha value is 0.160. The van der Waals surface area contributed by atoms with Crippen molar-refractivity contribution >= 4 is 21.6 Å². The zero-order chi connectivity index (χ0) is 11.2. The largest absolute Gasteiger partial charge is 0.377 e. The number of alkyl halides is 1. The van der Waals surface area contributed by atoms with E-state index in [4.69, 9.17) is 16.3 Å². The Labute approximate surface area is 91.2 Å². The zero-order valence-corrected chi connectivity index (χ0v) is 10.4. The van der Waals surface area contributed by atoms with Gasteiger partial charge in [0.25, 0.3) is 0 Å². The fourth-order valence-electron chi connectivity index (χ4n) is 0.809. The Morgan fingerprint density at radius 1 is 1.43 bits per heavy atom. The number of hydrogen-bond donors (Lipinski definition) is 0. The molecule has 0 radical (unpaired) electrons.